The molecule has 0 amide bonds. The molecule has 0 aromatic heterocycles. The van der Waals surface area contributed by atoms with Crippen LogP contribution in [0.2, 0.25) is 5.09 Å². The quantitative estimate of drug-likeness (QED) is 0.217. The van der Waals surface area contributed by atoms with Crippen LogP contribution in [0, 0.1) is 0 Å². The summed E-state index contributed by atoms with van der Waals surface area (Å²) in [4.78, 5) is 18.6. The van der Waals surface area contributed by atoms with Crippen LogP contribution in [0.1, 0.15) is 71.1 Å². The molecule has 0 saturated heterocycles. The molecule has 21 heavy (non-hydrogen) atoms. The third-order valence-corrected chi connectivity index (χ3v) is 2.75. The molecular weight excluding hydrogens is 285 g/mol. The molecule has 0 N–H and O–H groups in total. The summed E-state index contributed by atoms with van der Waals surface area (Å²) in [6.07, 6.45) is 12.0. The Kier molecular flexibility index (Phi) is 38.3. The van der Waals surface area contributed by atoms with Gasteiger partial charge in [-0.2, -0.15) is 0 Å². The number of carboxylic acid groups (broad SMARTS) is 2. The molecule has 0 rings (SSSR count). The third kappa shape index (κ3) is 38.9. The molecule has 0 saturated carbocycles. The summed E-state index contributed by atoms with van der Waals surface area (Å²) in [7, 11) is 0. The Balaban J connectivity index is -0.000000140. The monoisotopic (exact) mass is 310 g/mol. The van der Waals surface area contributed by atoms with Crippen molar-refractivity contribution in [2.45, 2.75) is 76.2 Å². The molecule has 0 heterocycles. The third-order valence-electron chi connectivity index (χ3n) is 2.75. The SMILES string of the molecule is O=C([O-])CC(=O)[O-].[Li][CH2]CCCCCCCCCC.[Na+].[Na+]. The van der Waals surface area contributed by atoms with Crippen molar-refractivity contribution in [3.63, 3.8) is 0 Å². The molecule has 0 aliphatic rings. The van der Waals surface area contributed by atoms with Crippen molar-refractivity contribution in [1.82, 2.24) is 0 Å². The second-order valence-electron chi connectivity index (χ2n) is 4.75. The summed E-state index contributed by atoms with van der Waals surface area (Å²) >= 11 is 2.28. The van der Waals surface area contributed by atoms with E-state index in [-0.39, 0.29) is 59.1 Å². The van der Waals surface area contributed by atoms with Gasteiger partial charge in [-0.15, -0.1) is 0 Å². The van der Waals surface area contributed by atoms with Gasteiger partial charge in [0, 0.05) is 18.4 Å². The van der Waals surface area contributed by atoms with Gasteiger partial charge in [-0.1, -0.05) is 0 Å². The van der Waals surface area contributed by atoms with E-state index >= 15 is 0 Å². The molecule has 7 heteroatoms. The number of carbonyl (C=O) groups is 2. The van der Waals surface area contributed by atoms with E-state index in [4.69, 9.17) is 0 Å². The molecule has 0 unspecified atom stereocenters. The molecule has 0 bridgehead atoms. The van der Waals surface area contributed by atoms with E-state index in [0.29, 0.717) is 0 Å². The smallest absolute Gasteiger partial charge is 1.00 e. The van der Waals surface area contributed by atoms with Crippen LogP contribution in [0.15, 0.2) is 0 Å². The molecule has 108 valence electrons. The van der Waals surface area contributed by atoms with Crippen molar-refractivity contribution in [3.8, 4) is 0 Å². The molecule has 0 atom stereocenters. The number of rotatable bonds is 11. The summed E-state index contributed by atoms with van der Waals surface area (Å²) in [5, 5.41) is 19.9. The standard InChI is InChI=1S/C11H23.C3H4O4.Li.2Na/c1-3-5-7-9-11-10-8-6-4-2;4-2(5)1-3(6)7;;;/h1,3-11H2,2H3;1H2,(H,4,5)(H,6,7);;;/q;;;2*+1/p-2. The molecule has 4 nitrogen and oxygen atoms in total. The van der Waals surface area contributed by atoms with Gasteiger partial charge in [0.25, 0.3) is 0 Å². The maximum absolute atomic E-state index is 9.28. The minimum Gasteiger partial charge on any atom is 1.00 e. The van der Waals surface area contributed by atoms with Crippen LogP contribution in [-0.2, 0) is 9.59 Å². The zero-order valence-corrected chi connectivity index (χ0v) is 18.4. The number of carboxylic acids is 2. The molecule has 0 fully saturated rings. The van der Waals surface area contributed by atoms with Crippen LogP contribution in [-0.4, -0.2) is 29.7 Å². The van der Waals surface area contributed by atoms with Gasteiger partial charge in [-0.25, -0.2) is 0 Å². The fourth-order valence-corrected chi connectivity index (χ4v) is 1.68. The van der Waals surface area contributed by atoms with Gasteiger partial charge in [-0.05, 0) is 0 Å². The Hall–Kier alpha value is 1.54. The van der Waals surface area contributed by atoms with Gasteiger partial charge in [0.05, 0.1) is 0 Å². The van der Waals surface area contributed by atoms with E-state index < -0.39 is 18.4 Å². The van der Waals surface area contributed by atoms with Gasteiger partial charge in [-0.3, -0.25) is 0 Å². The van der Waals surface area contributed by atoms with Crippen LogP contribution in [0.25, 0.3) is 0 Å². The first-order valence-corrected chi connectivity index (χ1v) is 7.44. The summed E-state index contributed by atoms with van der Waals surface area (Å²) in [5.41, 5.74) is 0. The average Bonchev–Trinajstić information content (AvgIpc) is 2.32. The Morgan fingerprint density at radius 2 is 1.10 bits per heavy atom. The molecule has 0 spiro atoms. The molecule has 0 radical (unpaired) electrons. The van der Waals surface area contributed by atoms with E-state index in [1.165, 1.54) is 62.9 Å². The second kappa shape index (κ2) is 26.4. The minimum absolute atomic E-state index is 0. The molecule has 0 aromatic rings. The van der Waals surface area contributed by atoms with Crippen LogP contribution >= 0.6 is 0 Å². The van der Waals surface area contributed by atoms with Gasteiger partial charge in [0.2, 0.25) is 0 Å². The maximum atomic E-state index is 9.28. The average molecular weight is 310 g/mol. The Morgan fingerprint density at radius 3 is 1.33 bits per heavy atom. The van der Waals surface area contributed by atoms with Crippen molar-refractivity contribution in [2.75, 3.05) is 0 Å². The van der Waals surface area contributed by atoms with Crippen LogP contribution in [0.4, 0.5) is 0 Å². The number of carbonyl (C=O) groups excluding carboxylic acids is 2. The predicted octanol–water partition coefficient (Wildman–Crippen LogP) is -5.01. The second-order valence-corrected chi connectivity index (χ2v) is 4.75. The van der Waals surface area contributed by atoms with Gasteiger partial charge >= 0.3 is 147 Å². The van der Waals surface area contributed by atoms with E-state index in [9.17, 15) is 19.8 Å². The molecular formula is C14H25LiNa2O4. The van der Waals surface area contributed by atoms with Crippen molar-refractivity contribution < 1.29 is 78.9 Å². The van der Waals surface area contributed by atoms with Crippen molar-refractivity contribution in [1.29, 1.82) is 0 Å². The van der Waals surface area contributed by atoms with Gasteiger partial charge < -0.3 is 19.8 Å². The molecule has 0 aromatic carbocycles. The van der Waals surface area contributed by atoms with E-state index in [2.05, 4.69) is 24.6 Å². The number of hydrogen-bond acceptors (Lipinski definition) is 4. The first-order chi connectivity index (χ1) is 9.04. The van der Waals surface area contributed by atoms with Crippen LogP contribution in [0.5, 0.6) is 0 Å². The largest absolute Gasteiger partial charge is 1.00 e. The summed E-state index contributed by atoms with van der Waals surface area (Å²) in [6.45, 7) is 2.28. The Labute approximate surface area is 183 Å². The van der Waals surface area contributed by atoms with Crippen LogP contribution in [0.3, 0.4) is 0 Å². The van der Waals surface area contributed by atoms with Crippen molar-refractivity contribution in [3.05, 3.63) is 0 Å². The number of unbranched alkanes of at least 4 members (excludes halogenated alkanes) is 8. The number of hydrogen-bond donors (Lipinski definition) is 0. The normalized spacial score (nSPS) is 8.71. The van der Waals surface area contributed by atoms with Gasteiger partial charge in [0.15, 0.2) is 0 Å². The fraction of sp³-hybridized carbons (Fsp3) is 0.857. The first kappa shape index (κ1) is 30.4. The first-order valence-electron chi connectivity index (χ1n) is 7.44. The van der Waals surface area contributed by atoms with E-state index in [1.807, 2.05) is 0 Å². The minimum atomic E-state index is -1.63. The summed E-state index contributed by atoms with van der Waals surface area (Å²) in [6, 6.07) is 0. The molecule has 0 aliphatic carbocycles. The molecule has 0 aliphatic heterocycles. The fourth-order valence-electron chi connectivity index (χ4n) is 1.68. The van der Waals surface area contributed by atoms with E-state index in [1.54, 1.807) is 0 Å². The Bertz CT molecular complexity index is 207. The van der Waals surface area contributed by atoms with Crippen LogP contribution < -0.4 is 69.3 Å². The predicted molar refractivity (Wildman–Crippen MR) is 72.4 cm³/mol. The summed E-state index contributed by atoms with van der Waals surface area (Å²) in [5.74, 6) is -3.25. The maximum Gasteiger partial charge on any atom is 1.00 e. The summed E-state index contributed by atoms with van der Waals surface area (Å²) < 4.78 is 0. The van der Waals surface area contributed by atoms with Crippen molar-refractivity contribution >= 4 is 29.7 Å². The zero-order chi connectivity index (χ0) is 14.9. The van der Waals surface area contributed by atoms with Gasteiger partial charge in [0.1, 0.15) is 0 Å². The number of aliphatic carboxylic acids is 2. The zero-order valence-electron chi connectivity index (χ0n) is 14.4. The van der Waals surface area contributed by atoms with E-state index in [0.717, 1.165) is 0 Å². The topological polar surface area (TPSA) is 80.3 Å². The van der Waals surface area contributed by atoms with Crippen molar-refractivity contribution in [2.24, 2.45) is 0 Å². The Morgan fingerprint density at radius 1 is 0.762 bits per heavy atom.